The molecule has 0 saturated heterocycles. The van der Waals surface area contributed by atoms with Crippen molar-refractivity contribution in [2.45, 2.75) is 13.1 Å². The van der Waals surface area contributed by atoms with Crippen LogP contribution in [0.2, 0.25) is 0 Å². The van der Waals surface area contributed by atoms with Gasteiger partial charge in [-0.15, -0.1) is 0 Å². The van der Waals surface area contributed by atoms with Gasteiger partial charge in [-0.3, -0.25) is 4.90 Å². The molecule has 17 heavy (non-hydrogen) atoms. The molecule has 0 amide bonds. The van der Waals surface area contributed by atoms with Gasteiger partial charge in [0.1, 0.15) is 0 Å². The van der Waals surface area contributed by atoms with E-state index in [2.05, 4.69) is 76.4 Å². The summed E-state index contributed by atoms with van der Waals surface area (Å²) in [5, 5.41) is 0. The summed E-state index contributed by atoms with van der Waals surface area (Å²) in [5.41, 5.74) is 2.67. The molecule has 2 heteroatoms. The van der Waals surface area contributed by atoms with Gasteiger partial charge in [0.15, 0.2) is 0 Å². The minimum atomic E-state index is 0.955. The van der Waals surface area contributed by atoms with E-state index in [9.17, 15) is 0 Å². The second kappa shape index (κ2) is 5.99. The largest absolute Gasteiger partial charge is 0.298 e. The van der Waals surface area contributed by atoms with Crippen molar-refractivity contribution in [1.82, 2.24) is 4.90 Å². The topological polar surface area (TPSA) is 3.24 Å². The van der Waals surface area contributed by atoms with E-state index in [0.29, 0.717) is 0 Å². The molecular formula is C15H16BrN. The second-order valence-corrected chi connectivity index (χ2v) is 5.10. The Kier molecular flexibility index (Phi) is 4.35. The van der Waals surface area contributed by atoms with Crippen LogP contribution < -0.4 is 0 Å². The van der Waals surface area contributed by atoms with Crippen molar-refractivity contribution in [2.24, 2.45) is 0 Å². The lowest BCUT2D eigenvalue weighted by atomic mass is 10.2. The van der Waals surface area contributed by atoms with Gasteiger partial charge in [-0.25, -0.2) is 0 Å². The lowest BCUT2D eigenvalue weighted by molar-refractivity contribution is 0.318. The van der Waals surface area contributed by atoms with Gasteiger partial charge in [-0.05, 0) is 24.2 Å². The number of rotatable bonds is 4. The number of benzene rings is 2. The Morgan fingerprint density at radius 2 is 1.53 bits per heavy atom. The molecule has 0 bridgehead atoms. The van der Waals surface area contributed by atoms with Gasteiger partial charge in [0.25, 0.3) is 0 Å². The standard InChI is InChI=1S/C15H16BrN/c1-17(11-13-7-3-2-4-8-13)12-14-9-5-6-10-15(14)16/h2-10H,11-12H2,1H3. The van der Waals surface area contributed by atoms with Crippen LogP contribution in [-0.2, 0) is 13.1 Å². The monoisotopic (exact) mass is 289 g/mol. The van der Waals surface area contributed by atoms with Crippen molar-refractivity contribution in [3.05, 3.63) is 70.2 Å². The maximum Gasteiger partial charge on any atom is 0.0245 e. The SMILES string of the molecule is CN(Cc1ccccc1)Cc1ccccc1Br. The zero-order chi connectivity index (χ0) is 12.1. The molecule has 2 aromatic rings. The van der Waals surface area contributed by atoms with Crippen molar-refractivity contribution < 1.29 is 0 Å². The van der Waals surface area contributed by atoms with E-state index < -0.39 is 0 Å². The van der Waals surface area contributed by atoms with Crippen LogP contribution in [0.4, 0.5) is 0 Å². The summed E-state index contributed by atoms with van der Waals surface area (Å²) in [6, 6.07) is 18.9. The maximum atomic E-state index is 3.58. The number of hydrogen-bond donors (Lipinski definition) is 0. The maximum absolute atomic E-state index is 3.58. The minimum absolute atomic E-state index is 0.955. The first-order valence-electron chi connectivity index (χ1n) is 5.71. The Hall–Kier alpha value is -1.12. The molecule has 0 spiro atoms. The Labute approximate surface area is 111 Å². The van der Waals surface area contributed by atoms with Crippen LogP contribution in [-0.4, -0.2) is 11.9 Å². The van der Waals surface area contributed by atoms with Crippen LogP contribution in [0.1, 0.15) is 11.1 Å². The summed E-state index contributed by atoms with van der Waals surface area (Å²) in [7, 11) is 2.15. The zero-order valence-corrected chi connectivity index (χ0v) is 11.5. The first kappa shape index (κ1) is 12.3. The smallest absolute Gasteiger partial charge is 0.0245 e. The molecule has 88 valence electrons. The van der Waals surface area contributed by atoms with Gasteiger partial charge >= 0.3 is 0 Å². The molecule has 0 aromatic heterocycles. The van der Waals surface area contributed by atoms with Crippen LogP contribution in [0, 0.1) is 0 Å². The van der Waals surface area contributed by atoms with Crippen molar-refractivity contribution in [3.63, 3.8) is 0 Å². The highest BCUT2D eigenvalue weighted by Gasteiger charge is 2.03. The number of halogens is 1. The molecule has 0 saturated carbocycles. The molecule has 0 aliphatic rings. The fourth-order valence-electron chi connectivity index (χ4n) is 1.87. The lowest BCUT2D eigenvalue weighted by Gasteiger charge is -2.17. The summed E-state index contributed by atoms with van der Waals surface area (Å²) in [6.45, 7) is 1.93. The zero-order valence-electron chi connectivity index (χ0n) is 9.94. The molecule has 2 aromatic carbocycles. The van der Waals surface area contributed by atoms with E-state index in [0.717, 1.165) is 13.1 Å². The predicted molar refractivity (Wildman–Crippen MR) is 75.8 cm³/mol. The molecule has 0 aliphatic carbocycles. The van der Waals surface area contributed by atoms with Gasteiger partial charge in [0.2, 0.25) is 0 Å². The van der Waals surface area contributed by atoms with Gasteiger partial charge < -0.3 is 0 Å². The van der Waals surface area contributed by atoms with Crippen LogP contribution in [0.3, 0.4) is 0 Å². The van der Waals surface area contributed by atoms with E-state index in [4.69, 9.17) is 0 Å². The fourth-order valence-corrected chi connectivity index (χ4v) is 2.28. The molecule has 0 N–H and O–H groups in total. The van der Waals surface area contributed by atoms with E-state index >= 15 is 0 Å². The van der Waals surface area contributed by atoms with Gasteiger partial charge in [0.05, 0.1) is 0 Å². The quantitative estimate of drug-likeness (QED) is 0.820. The number of hydrogen-bond acceptors (Lipinski definition) is 1. The molecule has 0 atom stereocenters. The summed E-state index contributed by atoms with van der Waals surface area (Å²) in [5.74, 6) is 0. The highest BCUT2D eigenvalue weighted by Crippen LogP contribution is 2.18. The van der Waals surface area contributed by atoms with Crippen LogP contribution in [0.5, 0.6) is 0 Å². The third kappa shape index (κ3) is 3.69. The van der Waals surface area contributed by atoms with Crippen LogP contribution >= 0.6 is 15.9 Å². The average Bonchev–Trinajstić information content (AvgIpc) is 2.33. The van der Waals surface area contributed by atoms with Crippen molar-refractivity contribution in [1.29, 1.82) is 0 Å². The third-order valence-corrected chi connectivity index (χ3v) is 3.47. The molecule has 2 rings (SSSR count). The lowest BCUT2D eigenvalue weighted by Crippen LogP contribution is -2.17. The average molecular weight is 290 g/mol. The minimum Gasteiger partial charge on any atom is -0.298 e. The molecule has 0 fully saturated rings. The normalized spacial score (nSPS) is 10.8. The van der Waals surface area contributed by atoms with Crippen molar-refractivity contribution >= 4 is 15.9 Å². The molecule has 0 unspecified atom stereocenters. The summed E-state index contributed by atoms with van der Waals surface area (Å²) in [6.07, 6.45) is 0. The Morgan fingerprint density at radius 3 is 2.24 bits per heavy atom. The summed E-state index contributed by atoms with van der Waals surface area (Å²) >= 11 is 3.58. The van der Waals surface area contributed by atoms with E-state index in [1.165, 1.54) is 15.6 Å². The fraction of sp³-hybridized carbons (Fsp3) is 0.200. The number of nitrogens with zero attached hydrogens (tertiary/aromatic N) is 1. The second-order valence-electron chi connectivity index (χ2n) is 4.25. The first-order valence-corrected chi connectivity index (χ1v) is 6.51. The van der Waals surface area contributed by atoms with Crippen molar-refractivity contribution in [2.75, 3.05) is 7.05 Å². The predicted octanol–water partition coefficient (Wildman–Crippen LogP) is 4.08. The van der Waals surface area contributed by atoms with E-state index in [-0.39, 0.29) is 0 Å². The molecule has 1 nitrogen and oxygen atoms in total. The molecule has 0 radical (unpaired) electrons. The molecule has 0 aliphatic heterocycles. The first-order chi connectivity index (χ1) is 8.25. The Bertz CT molecular complexity index is 467. The van der Waals surface area contributed by atoms with Gasteiger partial charge in [-0.2, -0.15) is 0 Å². The Balaban J connectivity index is 1.98. The molecule has 0 heterocycles. The van der Waals surface area contributed by atoms with Gasteiger partial charge in [0, 0.05) is 17.6 Å². The molecular weight excluding hydrogens is 274 g/mol. The summed E-state index contributed by atoms with van der Waals surface area (Å²) < 4.78 is 1.18. The van der Waals surface area contributed by atoms with Crippen LogP contribution in [0.25, 0.3) is 0 Å². The van der Waals surface area contributed by atoms with Crippen LogP contribution in [0.15, 0.2) is 59.1 Å². The van der Waals surface area contributed by atoms with Crippen molar-refractivity contribution in [3.8, 4) is 0 Å². The summed E-state index contributed by atoms with van der Waals surface area (Å²) in [4.78, 5) is 2.31. The Morgan fingerprint density at radius 1 is 0.882 bits per heavy atom. The van der Waals surface area contributed by atoms with E-state index in [1.54, 1.807) is 0 Å². The highest BCUT2D eigenvalue weighted by molar-refractivity contribution is 9.10. The van der Waals surface area contributed by atoms with Gasteiger partial charge in [-0.1, -0.05) is 64.5 Å². The highest BCUT2D eigenvalue weighted by atomic mass is 79.9. The van der Waals surface area contributed by atoms with E-state index in [1.807, 2.05) is 6.07 Å². The third-order valence-electron chi connectivity index (χ3n) is 2.69.